The van der Waals surface area contributed by atoms with E-state index in [1.54, 1.807) is 0 Å². The number of carboxylic acid groups (broad SMARTS) is 1. The molecule has 1 aromatic rings. The lowest BCUT2D eigenvalue weighted by atomic mass is 9.88. The van der Waals surface area contributed by atoms with Crippen LogP contribution in [0, 0.1) is 5.82 Å². The summed E-state index contributed by atoms with van der Waals surface area (Å²) in [7, 11) is 0. The number of carbonyl (C=O) groups excluding carboxylic acids is 1. The van der Waals surface area contributed by atoms with Crippen LogP contribution in [0.2, 0.25) is 0 Å². The van der Waals surface area contributed by atoms with E-state index in [-0.39, 0.29) is 12.0 Å². The van der Waals surface area contributed by atoms with Gasteiger partial charge in [-0.15, -0.1) is 0 Å². The van der Waals surface area contributed by atoms with Crippen molar-refractivity contribution in [2.75, 3.05) is 0 Å². The lowest BCUT2D eigenvalue weighted by Crippen LogP contribution is -2.49. The maximum atomic E-state index is 13.3. The fourth-order valence-corrected chi connectivity index (χ4v) is 2.47. The van der Waals surface area contributed by atoms with Crippen LogP contribution in [0.3, 0.4) is 0 Å². The number of hydrogen-bond acceptors (Lipinski definition) is 2. The summed E-state index contributed by atoms with van der Waals surface area (Å²) < 4.78 is 13.7. The maximum absolute atomic E-state index is 13.3. The van der Waals surface area contributed by atoms with Crippen LogP contribution in [0.4, 0.5) is 4.39 Å². The highest BCUT2D eigenvalue weighted by Crippen LogP contribution is 2.22. The zero-order chi connectivity index (χ0) is 15.3. The molecule has 1 aromatic carbocycles. The average Bonchev–Trinajstić information content (AvgIpc) is 2.36. The van der Waals surface area contributed by atoms with Gasteiger partial charge in [0, 0.05) is 10.0 Å². The molecule has 0 aliphatic heterocycles. The molecule has 6 heteroatoms. The summed E-state index contributed by atoms with van der Waals surface area (Å²) in [4.78, 5) is 23.1. The number of amides is 1. The van der Waals surface area contributed by atoms with Gasteiger partial charge < -0.3 is 10.4 Å². The van der Waals surface area contributed by atoms with Gasteiger partial charge in [0.25, 0.3) is 5.91 Å². The zero-order valence-corrected chi connectivity index (χ0v) is 13.0. The van der Waals surface area contributed by atoms with Crippen molar-refractivity contribution >= 4 is 27.8 Å². The Morgan fingerprint density at radius 3 is 2.35 bits per heavy atom. The normalized spacial score (nSPS) is 11.2. The highest BCUT2D eigenvalue weighted by atomic mass is 79.9. The topological polar surface area (TPSA) is 66.4 Å². The first-order valence-electron chi connectivity index (χ1n) is 6.32. The Kier molecular flexibility index (Phi) is 5.68. The molecular weight excluding hydrogens is 329 g/mol. The largest absolute Gasteiger partial charge is 0.481 e. The van der Waals surface area contributed by atoms with Gasteiger partial charge >= 0.3 is 5.97 Å². The highest BCUT2D eigenvalue weighted by Gasteiger charge is 2.31. The SMILES string of the molecule is CCC(CC)(CC(=O)O)NC(=O)c1cc(F)cc(Br)c1. The van der Waals surface area contributed by atoms with E-state index < -0.39 is 23.2 Å². The minimum atomic E-state index is -0.977. The first kappa shape index (κ1) is 16.6. The fraction of sp³-hybridized carbons (Fsp3) is 0.429. The van der Waals surface area contributed by atoms with Gasteiger partial charge in [0.1, 0.15) is 5.82 Å². The van der Waals surface area contributed by atoms with Crippen LogP contribution in [0.15, 0.2) is 22.7 Å². The molecule has 0 saturated heterocycles. The van der Waals surface area contributed by atoms with Crippen molar-refractivity contribution in [2.24, 2.45) is 0 Å². The Morgan fingerprint density at radius 2 is 1.90 bits per heavy atom. The molecule has 0 spiro atoms. The second kappa shape index (κ2) is 6.83. The van der Waals surface area contributed by atoms with Crippen molar-refractivity contribution in [1.82, 2.24) is 5.32 Å². The van der Waals surface area contributed by atoms with Crippen molar-refractivity contribution < 1.29 is 19.1 Å². The molecule has 0 aliphatic rings. The molecule has 1 rings (SSSR count). The number of nitrogens with one attached hydrogen (secondary N) is 1. The highest BCUT2D eigenvalue weighted by molar-refractivity contribution is 9.10. The Hall–Kier alpha value is -1.43. The lowest BCUT2D eigenvalue weighted by Gasteiger charge is -2.31. The van der Waals surface area contributed by atoms with Crippen LogP contribution in [0.25, 0.3) is 0 Å². The maximum Gasteiger partial charge on any atom is 0.305 e. The van der Waals surface area contributed by atoms with E-state index in [0.29, 0.717) is 17.3 Å². The van der Waals surface area contributed by atoms with Crippen molar-refractivity contribution in [3.63, 3.8) is 0 Å². The lowest BCUT2D eigenvalue weighted by molar-refractivity contribution is -0.138. The minimum absolute atomic E-state index is 0.161. The molecule has 0 atom stereocenters. The molecule has 0 radical (unpaired) electrons. The van der Waals surface area contributed by atoms with E-state index >= 15 is 0 Å². The molecule has 0 unspecified atom stereocenters. The number of hydrogen-bond donors (Lipinski definition) is 2. The number of aliphatic carboxylic acids is 1. The summed E-state index contributed by atoms with van der Waals surface area (Å²) in [6.07, 6.45) is 0.804. The molecule has 0 aromatic heterocycles. The van der Waals surface area contributed by atoms with E-state index in [1.807, 2.05) is 13.8 Å². The van der Waals surface area contributed by atoms with Gasteiger partial charge in [0.2, 0.25) is 0 Å². The molecule has 0 saturated carbocycles. The van der Waals surface area contributed by atoms with Crippen LogP contribution in [0.5, 0.6) is 0 Å². The molecule has 0 aliphatic carbocycles. The van der Waals surface area contributed by atoms with Gasteiger partial charge in [0.05, 0.1) is 12.0 Å². The van der Waals surface area contributed by atoms with Crippen molar-refractivity contribution in [3.8, 4) is 0 Å². The molecule has 0 fully saturated rings. The van der Waals surface area contributed by atoms with E-state index in [1.165, 1.54) is 12.1 Å². The summed E-state index contributed by atoms with van der Waals surface area (Å²) in [6, 6.07) is 3.87. The van der Waals surface area contributed by atoms with Crippen LogP contribution < -0.4 is 5.32 Å². The molecule has 4 nitrogen and oxygen atoms in total. The number of carboxylic acids is 1. The minimum Gasteiger partial charge on any atom is -0.481 e. The van der Waals surface area contributed by atoms with Gasteiger partial charge in [-0.2, -0.15) is 0 Å². The van der Waals surface area contributed by atoms with E-state index in [4.69, 9.17) is 5.11 Å². The molecular formula is C14H17BrFNO3. The summed E-state index contributed by atoms with van der Waals surface area (Å²) in [5.41, 5.74) is -0.657. The number of carbonyl (C=O) groups is 2. The van der Waals surface area contributed by atoms with Crippen molar-refractivity contribution in [2.45, 2.75) is 38.6 Å². The standard InChI is InChI=1S/C14H17BrFNO3/c1-3-14(4-2,8-12(18)19)17-13(20)9-5-10(15)7-11(16)6-9/h5-7H,3-4,8H2,1-2H3,(H,17,20)(H,18,19). The number of halogens is 2. The fourth-order valence-electron chi connectivity index (χ4n) is 2.01. The van der Waals surface area contributed by atoms with Crippen LogP contribution >= 0.6 is 15.9 Å². The zero-order valence-electron chi connectivity index (χ0n) is 11.4. The van der Waals surface area contributed by atoms with Gasteiger partial charge in [-0.05, 0) is 31.0 Å². The third-order valence-electron chi connectivity index (χ3n) is 3.35. The third kappa shape index (κ3) is 4.30. The van der Waals surface area contributed by atoms with Crippen molar-refractivity contribution in [1.29, 1.82) is 0 Å². The molecule has 110 valence electrons. The Balaban J connectivity index is 2.98. The number of benzene rings is 1. The van der Waals surface area contributed by atoms with Crippen LogP contribution in [0.1, 0.15) is 43.5 Å². The summed E-state index contributed by atoms with van der Waals surface area (Å²) in [6.45, 7) is 3.63. The Morgan fingerprint density at radius 1 is 1.30 bits per heavy atom. The van der Waals surface area contributed by atoms with E-state index in [2.05, 4.69) is 21.2 Å². The Labute approximate surface area is 125 Å². The van der Waals surface area contributed by atoms with Gasteiger partial charge in [-0.25, -0.2) is 4.39 Å². The van der Waals surface area contributed by atoms with Gasteiger partial charge in [0.15, 0.2) is 0 Å². The monoisotopic (exact) mass is 345 g/mol. The third-order valence-corrected chi connectivity index (χ3v) is 3.80. The second-order valence-corrected chi connectivity index (χ2v) is 5.59. The van der Waals surface area contributed by atoms with E-state index in [0.717, 1.165) is 6.07 Å². The smallest absolute Gasteiger partial charge is 0.305 e. The van der Waals surface area contributed by atoms with Crippen LogP contribution in [-0.4, -0.2) is 22.5 Å². The summed E-state index contributed by atoms with van der Waals surface area (Å²) in [5, 5.41) is 11.7. The molecule has 20 heavy (non-hydrogen) atoms. The van der Waals surface area contributed by atoms with Crippen molar-refractivity contribution in [3.05, 3.63) is 34.1 Å². The molecule has 0 heterocycles. The van der Waals surface area contributed by atoms with Gasteiger partial charge in [-0.3, -0.25) is 9.59 Å². The molecule has 2 N–H and O–H groups in total. The quantitative estimate of drug-likeness (QED) is 0.830. The van der Waals surface area contributed by atoms with E-state index in [9.17, 15) is 14.0 Å². The molecule has 0 bridgehead atoms. The predicted molar refractivity (Wildman–Crippen MR) is 77.1 cm³/mol. The van der Waals surface area contributed by atoms with Crippen LogP contribution in [-0.2, 0) is 4.79 Å². The first-order chi connectivity index (χ1) is 9.31. The second-order valence-electron chi connectivity index (χ2n) is 4.67. The summed E-state index contributed by atoms with van der Waals surface area (Å²) in [5.74, 6) is -1.98. The average molecular weight is 346 g/mol. The number of rotatable bonds is 6. The molecule has 1 amide bonds. The Bertz CT molecular complexity index is 495. The first-order valence-corrected chi connectivity index (χ1v) is 7.11. The predicted octanol–water partition coefficient (Wildman–Crippen LogP) is 3.35. The summed E-state index contributed by atoms with van der Waals surface area (Å²) >= 11 is 3.12. The van der Waals surface area contributed by atoms with Gasteiger partial charge in [-0.1, -0.05) is 29.8 Å².